The minimum atomic E-state index is -0.232. The lowest BCUT2D eigenvalue weighted by molar-refractivity contribution is 0.587. The smallest absolute Gasteiger partial charge is 0.137 e. The van der Waals surface area contributed by atoms with Crippen LogP contribution in [0.5, 0.6) is 0 Å². The monoisotopic (exact) mass is 322 g/mol. The van der Waals surface area contributed by atoms with Crippen LogP contribution < -0.4 is 4.90 Å². The molecule has 1 aliphatic rings. The van der Waals surface area contributed by atoms with Crippen LogP contribution in [-0.4, -0.2) is 27.9 Å². The van der Waals surface area contributed by atoms with Gasteiger partial charge in [0.25, 0.3) is 0 Å². The molecule has 0 N–H and O–H groups in total. The second-order valence-corrected chi connectivity index (χ2v) is 6.01. The van der Waals surface area contributed by atoms with E-state index in [-0.39, 0.29) is 11.9 Å². The summed E-state index contributed by atoms with van der Waals surface area (Å²) in [7, 11) is 0. The minimum absolute atomic E-state index is 0.116. The van der Waals surface area contributed by atoms with Crippen molar-refractivity contribution in [2.45, 2.75) is 19.4 Å². The molecule has 4 rings (SSSR count). The second kappa shape index (κ2) is 6.07. The van der Waals surface area contributed by atoms with Gasteiger partial charge in [-0.1, -0.05) is 30.3 Å². The summed E-state index contributed by atoms with van der Waals surface area (Å²) in [6.45, 7) is 4.18. The largest absolute Gasteiger partial charge is 0.371 e. The van der Waals surface area contributed by atoms with E-state index >= 15 is 0 Å². The number of anilines is 1. The average molecular weight is 322 g/mol. The maximum Gasteiger partial charge on any atom is 0.137 e. The molecular formula is C19H19FN4. The Labute approximate surface area is 140 Å². The summed E-state index contributed by atoms with van der Waals surface area (Å²) in [5, 5.41) is 4.36. The zero-order valence-corrected chi connectivity index (χ0v) is 13.6. The van der Waals surface area contributed by atoms with E-state index in [1.54, 1.807) is 6.33 Å². The number of hydrogen-bond acceptors (Lipinski definition) is 3. The van der Waals surface area contributed by atoms with Crippen molar-refractivity contribution in [2.24, 2.45) is 0 Å². The zero-order valence-electron chi connectivity index (χ0n) is 13.6. The summed E-state index contributed by atoms with van der Waals surface area (Å²) in [5.41, 5.74) is 4.83. The van der Waals surface area contributed by atoms with Crippen molar-refractivity contribution >= 4 is 5.69 Å². The first kappa shape index (κ1) is 14.9. The highest BCUT2D eigenvalue weighted by molar-refractivity contribution is 5.65. The van der Waals surface area contributed by atoms with E-state index in [2.05, 4.69) is 40.1 Å². The Balaban J connectivity index is 1.90. The lowest BCUT2D eigenvalue weighted by atomic mass is 9.95. The zero-order chi connectivity index (χ0) is 16.5. The summed E-state index contributed by atoms with van der Waals surface area (Å²) in [5.74, 6) is -0.232. The lowest BCUT2D eigenvalue weighted by Crippen LogP contribution is -2.23. The van der Waals surface area contributed by atoms with E-state index in [0.717, 1.165) is 25.1 Å². The Morgan fingerprint density at radius 1 is 1.17 bits per heavy atom. The van der Waals surface area contributed by atoms with Gasteiger partial charge in [0.05, 0.1) is 0 Å². The molecule has 0 saturated carbocycles. The third kappa shape index (κ3) is 2.46. The van der Waals surface area contributed by atoms with E-state index in [0.29, 0.717) is 0 Å². The Hall–Kier alpha value is -2.69. The van der Waals surface area contributed by atoms with Crippen molar-refractivity contribution in [3.8, 4) is 0 Å². The number of rotatable bonds is 4. The fourth-order valence-electron chi connectivity index (χ4n) is 3.57. The molecule has 4 nitrogen and oxygen atoms in total. The molecule has 1 aliphatic heterocycles. The highest BCUT2D eigenvalue weighted by Crippen LogP contribution is 2.38. The summed E-state index contributed by atoms with van der Waals surface area (Å²) in [6, 6.07) is 13.0. The number of fused-ring (bicyclic) bond motifs is 1. The molecule has 122 valence electrons. The first-order valence-electron chi connectivity index (χ1n) is 8.24. The van der Waals surface area contributed by atoms with Gasteiger partial charge in [0.2, 0.25) is 0 Å². The topological polar surface area (TPSA) is 34.0 Å². The number of para-hydroxylation sites is 1. The van der Waals surface area contributed by atoms with Crippen LogP contribution in [0.25, 0.3) is 0 Å². The molecule has 0 spiro atoms. The molecule has 0 amide bonds. The van der Waals surface area contributed by atoms with Crippen molar-refractivity contribution in [1.29, 1.82) is 0 Å². The number of halogens is 1. The fourth-order valence-corrected chi connectivity index (χ4v) is 3.57. The third-order valence-corrected chi connectivity index (χ3v) is 4.68. The van der Waals surface area contributed by atoms with Gasteiger partial charge >= 0.3 is 0 Å². The molecule has 0 radical (unpaired) electrons. The van der Waals surface area contributed by atoms with Crippen LogP contribution in [0.3, 0.4) is 0 Å². The van der Waals surface area contributed by atoms with Crippen LogP contribution in [0.1, 0.15) is 29.7 Å². The molecular weight excluding hydrogens is 303 g/mol. The fraction of sp³-hybridized carbons (Fsp3) is 0.263. The number of aromatic nitrogens is 3. The molecule has 3 aromatic rings. The van der Waals surface area contributed by atoms with E-state index in [1.807, 2.05) is 16.8 Å². The molecule has 2 aromatic carbocycles. The molecule has 2 heterocycles. The summed E-state index contributed by atoms with van der Waals surface area (Å²) in [6.07, 6.45) is 4.32. The Morgan fingerprint density at radius 3 is 2.71 bits per heavy atom. The number of nitrogens with zero attached hydrogens (tertiary/aromatic N) is 4. The van der Waals surface area contributed by atoms with Crippen molar-refractivity contribution in [1.82, 2.24) is 14.8 Å². The summed E-state index contributed by atoms with van der Waals surface area (Å²) < 4.78 is 15.2. The third-order valence-electron chi connectivity index (χ3n) is 4.68. The number of hydrogen-bond donors (Lipinski definition) is 0. The molecule has 0 aliphatic carbocycles. The Kier molecular flexibility index (Phi) is 3.76. The standard InChI is InChI=1S/C19H19FN4/c1-2-23-11-10-14-4-3-5-17(18(14)23)19(24-13-21-12-22-24)15-6-8-16(20)9-7-15/h3-9,12-13,19H,2,10-11H2,1H3. The lowest BCUT2D eigenvalue weighted by Gasteiger charge is -2.26. The highest BCUT2D eigenvalue weighted by Gasteiger charge is 2.27. The first-order chi connectivity index (χ1) is 11.8. The normalized spacial score (nSPS) is 14.7. The molecule has 0 saturated heterocycles. The first-order valence-corrected chi connectivity index (χ1v) is 8.24. The van der Waals surface area contributed by atoms with Gasteiger partial charge < -0.3 is 4.90 Å². The van der Waals surface area contributed by atoms with E-state index < -0.39 is 0 Å². The predicted molar refractivity (Wildman–Crippen MR) is 91.7 cm³/mol. The van der Waals surface area contributed by atoms with Crippen LogP contribution in [0.2, 0.25) is 0 Å². The molecule has 0 bridgehead atoms. The van der Waals surface area contributed by atoms with Gasteiger partial charge in [-0.25, -0.2) is 14.1 Å². The van der Waals surface area contributed by atoms with Gasteiger partial charge in [-0.2, -0.15) is 5.10 Å². The number of likely N-dealkylation sites (N-methyl/N-ethyl adjacent to an activating group) is 1. The van der Waals surface area contributed by atoms with Gasteiger partial charge in [-0.3, -0.25) is 0 Å². The van der Waals surface area contributed by atoms with E-state index in [9.17, 15) is 4.39 Å². The van der Waals surface area contributed by atoms with Crippen LogP contribution in [0.4, 0.5) is 10.1 Å². The number of benzene rings is 2. The van der Waals surface area contributed by atoms with Gasteiger partial charge in [-0.05, 0) is 36.6 Å². The maximum absolute atomic E-state index is 13.4. The molecule has 1 aromatic heterocycles. The molecule has 0 fully saturated rings. The van der Waals surface area contributed by atoms with Gasteiger partial charge in [-0.15, -0.1) is 0 Å². The minimum Gasteiger partial charge on any atom is -0.371 e. The molecule has 1 unspecified atom stereocenters. The van der Waals surface area contributed by atoms with Crippen LogP contribution >= 0.6 is 0 Å². The Morgan fingerprint density at radius 2 is 2.00 bits per heavy atom. The van der Waals surface area contributed by atoms with Gasteiger partial charge in [0.1, 0.15) is 24.5 Å². The van der Waals surface area contributed by atoms with Gasteiger partial charge in [0, 0.05) is 24.3 Å². The van der Waals surface area contributed by atoms with Crippen molar-refractivity contribution in [3.63, 3.8) is 0 Å². The van der Waals surface area contributed by atoms with E-state index in [4.69, 9.17) is 0 Å². The maximum atomic E-state index is 13.4. The van der Waals surface area contributed by atoms with Crippen LogP contribution in [0, 0.1) is 5.82 Å². The SMILES string of the molecule is CCN1CCc2cccc(C(c3ccc(F)cc3)n3cncn3)c21. The second-order valence-electron chi connectivity index (χ2n) is 6.01. The van der Waals surface area contributed by atoms with Crippen molar-refractivity contribution in [3.05, 3.63) is 77.6 Å². The summed E-state index contributed by atoms with van der Waals surface area (Å²) in [4.78, 5) is 6.51. The highest BCUT2D eigenvalue weighted by atomic mass is 19.1. The molecule has 24 heavy (non-hydrogen) atoms. The van der Waals surface area contributed by atoms with Crippen molar-refractivity contribution in [2.75, 3.05) is 18.0 Å². The quantitative estimate of drug-likeness (QED) is 0.738. The predicted octanol–water partition coefficient (Wildman–Crippen LogP) is 3.44. The van der Waals surface area contributed by atoms with Crippen molar-refractivity contribution < 1.29 is 4.39 Å². The van der Waals surface area contributed by atoms with Gasteiger partial charge in [0.15, 0.2) is 0 Å². The molecule has 5 heteroatoms. The van der Waals surface area contributed by atoms with Crippen LogP contribution in [0.15, 0.2) is 55.1 Å². The summed E-state index contributed by atoms with van der Waals surface area (Å²) >= 11 is 0. The van der Waals surface area contributed by atoms with Crippen LogP contribution in [-0.2, 0) is 6.42 Å². The Bertz CT molecular complexity index is 827. The average Bonchev–Trinajstić information content (AvgIpc) is 3.26. The molecule has 1 atom stereocenters. The van der Waals surface area contributed by atoms with E-state index in [1.165, 1.54) is 35.3 Å².